The van der Waals surface area contributed by atoms with E-state index in [2.05, 4.69) is 5.32 Å². The van der Waals surface area contributed by atoms with Crippen molar-refractivity contribution < 1.29 is 33.0 Å². The van der Waals surface area contributed by atoms with Gasteiger partial charge in [0.15, 0.2) is 11.5 Å². The van der Waals surface area contributed by atoms with E-state index in [9.17, 15) is 18.8 Å². The Labute approximate surface area is 227 Å². The van der Waals surface area contributed by atoms with Gasteiger partial charge in [0.25, 0.3) is 11.1 Å². The lowest BCUT2D eigenvalue weighted by Crippen LogP contribution is -2.36. The number of ether oxygens (including phenoxy) is 3. The van der Waals surface area contributed by atoms with Crippen molar-refractivity contribution in [2.45, 2.75) is 6.61 Å². The third kappa shape index (κ3) is 6.09. The highest BCUT2D eigenvalue weighted by atomic mass is 35.5. The van der Waals surface area contributed by atoms with E-state index >= 15 is 0 Å². The highest BCUT2D eigenvalue weighted by Gasteiger charge is 2.36. The molecule has 3 aromatic rings. The molecule has 0 bridgehead atoms. The predicted octanol–water partition coefficient (Wildman–Crippen LogP) is 5.75. The third-order valence-electron chi connectivity index (χ3n) is 5.48. The summed E-state index contributed by atoms with van der Waals surface area (Å²) in [5, 5.41) is 2.30. The largest absolute Gasteiger partial charge is 0.495 e. The van der Waals surface area contributed by atoms with Crippen LogP contribution in [0.2, 0.25) is 5.02 Å². The number of rotatable bonds is 9. The van der Waals surface area contributed by atoms with E-state index in [-0.39, 0.29) is 27.8 Å². The molecule has 0 atom stereocenters. The maximum atomic E-state index is 14.1. The number of carbonyl (C=O) groups is 3. The molecule has 1 N–H and O–H groups in total. The summed E-state index contributed by atoms with van der Waals surface area (Å²) in [4.78, 5) is 39.0. The average Bonchev–Trinajstić information content (AvgIpc) is 3.16. The van der Waals surface area contributed by atoms with Crippen molar-refractivity contribution in [3.8, 4) is 17.2 Å². The molecule has 0 unspecified atom stereocenters. The van der Waals surface area contributed by atoms with Crippen LogP contribution in [-0.4, -0.2) is 42.7 Å². The lowest BCUT2D eigenvalue weighted by atomic mass is 10.1. The second-order valence-electron chi connectivity index (χ2n) is 7.92. The van der Waals surface area contributed by atoms with Gasteiger partial charge in [0.1, 0.15) is 24.7 Å². The van der Waals surface area contributed by atoms with Crippen molar-refractivity contribution in [2.24, 2.45) is 0 Å². The van der Waals surface area contributed by atoms with Gasteiger partial charge in [-0.2, -0.15) is 0 Å². The molecule has 0 saturated carbocycles. The molecule has 0 aromatic heterocycles. The van der Waals surface area contributed by atoms with Crippen molar-refractivity contribution in [3.63, 3.8) is 0 Å². The molecule has 0 spiro atoms. The van der Waals surface area contributed by atoms with E-state index in [1.54, 1.807) is 48.5 Å². The minimum Gasteiger partial charge on any atom is -0.495 e. The summed E-state index contributed by atoms with van der Waals surface area (Å²) in [7, 11) is 2.93. The van der Waals surface area contributed by atoms with Gasteiger partial charge >= 0.3 is 0 Å². The topological polar surface area (TPSA) is 94.2 Å². The zero-order valence-corrected chi connectivity index (χ0v) is 21.9. The van der Waals surface area contributed by atoms with Gasteiger partial charge in [-0.05, 0) is 59.8 Å². The van der Waals surface area contributed by atoms with Crippen LogP contribution in [0.5, 0.6) is 17.2 Å². The third-order valence-corrected chi connectivity index (χ3v) is 6.74. The fourth-order valence-corrected chi connectivity index (χ4v) is 4.64. The Hall–Kier alpha value is -4.02. The summed E-state index contributed by atoms with van der Waals surface area (Å²) in [5.74, 6) is -0.538. The maximum Gasteiger partial charge on any atom is 0.294 e. The molecule has 38 heavy (non-hydrogen) atoms. The monoisotopic (exact) mass is 556 g/mol. The molecule has 4 rings (SSSR count). The van der Waals surface area contributed by atoms with Crippen LogP contribution in [0.25, 0.3) is 6.08 Å². The Morgan fingerprint density at radius 3 is 2.53 bits per heavy atom. The predicted molar refractivity (Wildman–Crippen MR) is 143 cm³/mol. The molecule has 8 nitrogen and oxygen atoms in total. The van der Waals surface area contributed by atoms with Crippen LogP contribution < -0.4 is 19.5 Å². The van der Waals surface area contributed by atoms with Crippen LogP contribution in [-0.2, 0) is 16.2 Å². The number of amides is 3. The first-order valence-electron chi connectivity index (χ1n) is 11.2. The van der Waals surface area contributed by atoms with Crippen molar-refractivity contribution in [3.05, 3.63) is 87.5 Å². The SMILES string of the molecule is COc1ccccc1NC(=O)CN1C(=O)S/C(=C/c2ccc(OC)c(OCc3c(F)cccc3Cl)c2)C1=O. The minimum absolute atomic E-state index is 0.133. The number of nitrogens with zero attached hydrogens (tertiary/aromatic N) is 1. The normalized spacial score (nSPS) is 14.1. The number of nitrogens with one attached hydrogen (secondary N) is 1. The highest BCUT2D eigenvalue weighted by molar-refractivity contribution is 8.18. The first kappa shape index (κ1) is 27.0. The van der Waals surface area contributed by atoms with Gasteiger partial charge in [-0.1, -0.05) is 35.9 Å². The summed E-state index contributed by atoms with van der Waals surface area (Å²) >= 11 is 6.80. The fraction of sp³-hybridized carbons (Fsp3) is 0.148. The summed E-state index contributed by atoms with van der Waals surface area (Å²) in [5.41, 5.74) is 1.14. The van der Waals surface area contributed by atoms with Crippen LogP contribution in [0, 0.1) is 5.82 Å². The van der Waals surface area contributed by atoms with Gasteiger partial charge in [-0.15, -0.1) is 0 Å². The molecule has 1 aliphatic rings. The summed E-state index contributed by atoms with van der Waals surface area (Å²) in [6.45, 7) is -0.608. The number of para-hydroxylation sites is 2. The van der Waals surface area contributed by atoms with Crippen molar-refractivity contribution in [1.82, 2.24) is 4.90 Å². The van der Waals surface area contributed by atoms with Crippen LogP contribution >= 0.6 is 23.4 Å². The summed E-state index contributed by atoms with van der Waals surface area (Å²) in [6.07, 6.45) is 1.51. The van der Waals surface area contributed by atoms with Gasteiger partial charge in [-0.3, -0.25) is 19.3 Å². The Morgan fingerprint density at radius 2 is 1.79 bits per heavy atom. The van der Waals surface area contributed by atoms with Crippen LogP contribution in [0.4, 0.5) is 14.9 Å². The molecular weight excluding hydrogens is 535 g/mol. The van der Waals surface area contributed by atoms with Crippen LogP contribution in [0.1, 0.15) is 11.1 Å². The molecule has 1 fully saturated rings. The summed E-state index contributed by atoms with van der Waals surface area (Å²) < 4.78 is 30.4. The molecule has 0 aliphatic carbocycles. The van der Waals surface area contributed by atoms with E-state index in [0.717, 1.165) is 16.7 Å². The molecule has 196 valence electrons. The molecule has 3 amide bonds. The Bertz CT molecular complexity index is 1410. The molecular formula is C27H22ClFN2O6S. The van der Waals surface area contributed by atoms with E-state index in [0.29, 0.717) is 22.7 Å². The Balaban J connectivity index is 1.48. The minimum atomic E-state index is -0.605. The lowest BCUT2D eigenvalue weighted by molar-refractivity contribution is -0.127. The first-order chi connectivity index (χ1) is 18.3. The highest BCUT2D eigenvalue weighted by Crippen LogP contribution is 2.35. The number of carbonyl (C=O) groups excluding carboxylic acids is 3. The zero-order valence-electron chi connectivity index (χ0n) is 20.3. The number of anilines is 1. The average molecular weight is 557 g/mol. The van der Waals surface area contributed by atoms with Crippen molar-refractivity contribution in [2.75, 3.05) is 26.1 Å². The molecule has 1 heterocycles. The van der Waals surface area contributed by atoms with Crippen LogP contribution in [0.15, 0.2) is 65.6 Å². The number of methoxy groups -OCH3 is 2. The van der Waals surface area contributed by atoms with Crippen LogP contribution in [0.3, 0.4) is 0 Å². The molecule has 11 heteroatoms. The number of imide groups is 1. The number of benzene rings is 3. The standard InChI is InChI=1S/C27H22ClFN2O6S/c1-35-21-9-4-3-8-20(21)30-25(32)14-31-26(33)24(38-27(31)34)13-16-10-11-22(36-2)23(12-16)37-15-17-18(28)6-5-7-19(17)29/h3-13H,14-15H2,1-2H3,(H,30,32)/b24-13+. The van der Waals surface area contributed by atoms with E-state index in [4.69, 9.17) is 25.8 Å². The molecule has 3 aromatic carbocycles. The number of hydrogen-bond donors (Lipinski definition) is 1. The number of halogens is 2. The number of hydrogen-bond acceptors (Lipinski definition) is 7. The van der Waals surface area contributed by atoms with Crippen molar-refractivity contribution in [1.29, 1.82) is 0 Å². The zero-order chi connectivity index (χ0) is 27.2. The van der Waals surface area contributed by atoms with Gasteiger partial charge in [0.2, 0.25) is 5.91 Å². The van der Waals surface area contributed by atoms with E-state index in [1.165, 1.54) is 32.4 Å². The number of thioether (sulfide) groups is 1. The first-order valence-corrected chi connectivity index (χ1v) is 12.4. The molecule has 1 aliphatic heterocycles. The quantitative estimate of drug-likeness (QED) is 0.335. The Kier molecular flexibility index (Phi) is 8.55. The fourth-order valence-electron chi connectivity index (χ4n) is 3.58. The molecule has 0 radical (unpaired) electrons. The lowest BCUT2D eigenvalue weighted by Gasteiger charge is -2.14. The van der Waals surface area contributed by atoms with Gasteiger partial charge in [0.05, 0.1) is 29.8 Å². The van der Waals surface area contributed by atoms with E-state index < -0.39 is 29.4 Å². The van der Waals surface area contributed by atoms with Gasteiger partial charge in [0, 0.05) is 5.56 Å². The second kappa shape index (κ2) is 12.0. The Morgan fingerprint density at radius 1 is 1.03 bits per heavy atom. The summed E-state index contributed by atoms with van der Waals surface area (Å²) in [6, 6.07) is 16.0. The smallest absolute Gasteiger partial charge is 0.294 e. The van der Waals surface area contributed by atoms with Gasteiger partial charge < -0.3 is 19.5 Å². The van der Waals surface area contributed by atoms with E-state index in [1.807, 2.05) is 0 Å². The molecule has 1 saturated heterocycles. The van der Waals surface area contributed by atoms with Crippen molar-refractivity contribution >= 4 is 52.2 Å². The second-order valence-corrected chi connectivity index (χ2v) is 9.32. The van der Waals surface area contributed by atoms with Gasteiger partial charge in [-0.25, -0.2) is 4.39 Å². The maximum absolute atomic E-state index is 14.1.